The summed E-state index contributed by atoms with van der Waals surface area (Å²) in [6.45, 7) is 3.53. The number of hydrogen-bond donors (Lipinski definition) is 2. The summed E-state index contributed by atoms with van der Waals surface area (Å²) in [4.78, 5) is 6.33. The second kappa shape index (κ2) is 11.7. The molecule has 0 spiro atoms. The minimum Gasteiger partial charge on any atom is -0.354 e. The van der Waals surface area contributed by atoms with Crippen LogP contribution in [0.3, 0.4) is 0 Å². The number of guanidine groups is 1. The van der Waals surface area contributed by atoms with Crippen molar-refractivity contribution in [1.82, 2.24) is 15.5 Å². The molecule has 0 aliphatic heterocycles. The second-order valence-corrected chi connectivity index (χ2v) is 8.71. The Morgan fingerprint density at radius 1 is 1.28 bits per heavy atom. The van der Waals surface area contributed by atoms with Crippen LogP contribution in [-0.4, -0.2) is 58.5 Å². The third kappa shape index (κ3) is 11.4. The van der Waals surface area contributed by atoms with Crippen LogP contribution in [0.4, 0.5) is 0 Å². The highest BCUT2D eigenvalue weighted by molar-refractivity contribution is 14.0. The van der Waals surface area contributed by atoms with Crippen LogP contribution in [0.2, 0.25) is 0 Å². The molecule has 0 fully saturated rings. The van der Waals surface area contributed by atoms with Crippen LogP contribution in [0.5, 0.6) is 0 Å². The average Bonchev–Trinajstić information content (AvgIpc) is 2.48. The van der Waals surface area contributed by atoms with E-state index in [1.54, 1.807) is 7.05 Å². The van der Waals surface area contributed by atoms with Gasteiger partial charge in [-0.05, 0) is 38.6 Å². The van der Waals surface area contributed by atoms with Gasteiger partial charge >= 0.3 is 0 Å². The monoisotopic (exact) mass is 482 g/mol. The molecular weight excluding hydrogens is 451 g/mol. The van der Waals surface area contributed by atoms with Gasteiger partial charge in [0.05, 0.1) is 5.75 Å². The minimum absolute atomic E-state index is 0. The first kappa shape index (κ1) is 24.1. The summed E-state index contributed by atoms with van der Waals surface area (Å²) in [5, 5.41) is 6.49. The molecule has 1 aromatic rings. The van der Waals surface area contributed by atoms with Gasteiger partial charge in [0.2, 0.25) is 0 Å². The lowest BCUT2D eigenvalue weighted by Gasteiger charge is -2.18. The lowest BCUT2D eigenvalue weighted by molar-refractivity contribution is 0.402. The Balaban J connectivity index is 0.00000576. The van der Waals surface area contributed by atoms with E-state index < -0.39 is 9.84 Å². The summed E-state index contributed by atoms with van der Waals surface area (Å²) in [7, 11) is 2.87. The van der Waals surface area contributed by atoms with Gasteiger partial charge in [0.1, 0.15) is 9.84 Å². The lowest BCUT2D eigenvalue weighted by atomic mass is 10.1. The molecule has 0 saturated heterocycles. The summed E-state index contributed by atoms with van der Waals surface area (Å²) in [6.07, 6.45) is 1.81. The summed E-state index contributed by atoms with van der Waals surface area (Å²) in [6, 6.07) is 8.45. The van der Waals surface area contributed by atoms with Gasteiger partial charge < -0.3 is 15.5 Å². The molecule has 0 saturated carbocycles. The molecule has 0 radical (unpaired) electrons. The van der Waals surface area contributed by atoms with E-state index in [0.717, 1.165) is 6.54 Å². The quantitative estimate of drug-likeness (QED) is 0.336. The van der Waals surface area contributed by atoms with E-state index in [2.05, 4.69) is 58.9 Å². The topological polar surface area (TPSA) is 73.8 Å². The predicted molar refractivity (Wildman–Crippen MR) is 116 cm³/mol. The lowest BCUT2D eigenvalue weighted by Crippen LogP contribution is -2.42. The first-order valence-corrected chi connectivity index (χ1v) is 10.1. The molecule has 6 nitrogen and oxygen atoms in total. The van der Waals surface area contributed by atoms with E-state index >= 15 is 0 Å². The maximum absolute atomic E-state index is 11.2. The van der Waals surface area contributed by atoms with Crippen LogP contribution >= 0.6 is 24.0 Å². The van der Waals surface area contributed by atoms with Gasteiger partial charge in [-0.15, -0.1) is 24.0 Å². The van der Waals surface area contributed by atoms with Gasteiger partial charge in [-0.3, -0.25) is 4.99 Å². The van der Waals surface area contributed by atoms with Crippen molar-refractivity contribution >= 4 is 39.8 Å². The maximum Gasteiger partial charge on any atom is 0.191 e. The maximum atomic E-state index is 11.2. The molecule has 0 heterocycles. The van der Waals surface area contributed by atoms with Crippen molar-refractivity contribution in [2.75, 3.05) is 33.2 Å². The van der Waals surface area contributed by atoms with Crippen molar-refractivity contribution in [3.63, 3.8) is 0 Å². The number of hydrogen-bond acceptors (Lipinski definition) is 4. The van der Waals surface area contributed by atoms with E-state index in [1.807, 2.05) is 6.92 Å². The Morgan fingerprint density at radius 2 is 1.92 bits per heavy atom. The van der Waals surface area contributed by atoms with Gasteiger partial charge in [-0.25, -0.2) is 8.42 Å². The molecular formula is C17H31IN4O2S. The van der Waals surface area contributed by atoms with E-state index in [9.17, 15) is 8.42 Å². The Labute approximate surface area is 169 Å². The van der Waals surface area contributed by atoms with Crippen LogP contribution in [0.15, 0.2) is 29.3 Å². The second-order valence-electron chi connectivity index (χ2n) is 6.45. The number of nitrogens with one attached hydrogen (secondary N) is 2. The van der Waals surface area contributed by atoms with Gasteiger partial charge in [0.25, 0.3) is 0 Å². The van der Waals surface area contributed by atoms with Crippen LogP contribution in [0, 0.1) is 0 Å². The van der Waals surface area contributed by atoms with Gasteiger partial charge in [0, 0.05) is 32.4 Å². The molecule has 0 aliphatic carbocycles. The molecule has 1 rings (SSSR count). The summed E-state index contributed by atoms with van der Waals surface area (Å²) >= 11 is 0. The highest BCUT2D eigenvalue weighted by atomic mass is 127. The highest BCUT2D eigenvalue weighted by Crippen LogP contribution is 2.07. The minimum atomic E-state index is -2.94. The summed E-state index contributed by atoms with van der Waals surface area (Å²) in [5.41, 5.74) is 2.45. The molecule has 8 heteroatoms. The number of sulfone groups is 1. The molecule has 0 amide bonds. The molecule has 25 heavy (non-hydrogen) atoms. The Hall–Kier alpha value is -0.870. The van der Waals surface area contributed by atoms with E-state index in [4.69, 9.17) is 0 Å². The molecule has 2 N–H and O–H groups in total. The van der Waals surface area contributed by atoms with Crippen molar-refractivity contribution in [2.24, 2.45) is 4.99 Å². The first-order valence-electron chi connectivity index (χ1n) is 8.07. The van der Waals surface area contributed by atoms with Gasteiger partial charge in [0.15, 0.2) is 5.96 Å². The first-order chi connectivity index (χ1) is 11.2. The largest absolute Gasteiger partial charge is 0.354 e. The SMILES string of the molecule is CN=C(NCc1cccc(CN(C)C)c1)NC(C)CCS(C)(=O)=O.I. The van der Waals surface area contributed by atoms with Crippen LogP contribution in [-0.2, 0) is 22.9 Å². The third-order valence-corrected chi connectivity index (χ3v) is 4.46. The molecule has 0 aliphatic rings. The Morgan fingerprint density at radius 3 is 2.48 bits per heavy atom. The zero-order chi connectivity index (χ0) is 18.2. The smallest absolute Gasteiger partial charge is 0.191 e. The van der Waals surface area contributed by atoms with Crippen molar-refractivity contribution in [2.45, 2.75) is 32.5 Å². The van der Waals surface area contributed by atoms with E-state index in [0.29, 0.717) is 18.9 Å². The molecule has 0 aromatic heterocycles. The number of rotatable bonds is 8. The number of nitrogens with zero attached hydrogens (tertiary/aromatic N) is 2. The van der Waals surface area contributed by atoms with Crippen LogP contribution in [0.1, 0.15) is 24.5 Å². The molecule has 144 valence electrons. The fourth-order valence-corrected chi connectivity index (χ4v) is 3.06. The molecule has 1 atom stereocenters. The van der Waals surface area contributed by atoms with Gasteiger partial charge in [-0.2, -0.15) is 0 Å². The molecule has 0 bridgehead atoms. The Bertz CT molecular complexity index is 648. The number of aliphatic imine (C=N–C) groups is 1. The van der Waals surface area contributed by atoms with Crippen LogP contribution < -0.4 is 10.6 Å². The summed E-state index contributed by atoms with van der Waals surface area (Å²) < 4.78 is 22.5. The zero-order valence-electron chi connectivity index (χ0n) is 15.7. The summed E-state index contributed by atoms with van der Waals surface area (Å²) in [5.74, 6) is 0.846. The average molecular weight is 482 g/mol. The molecule has 1 unspecified atom stereocenters. The molecule has 1 aromatic carbocycles. The van der Waals surface area contributed by atoms with Crippen molar-refractivity contribution in [3.05, 3.63) is 35.4 Å². The van der Waals surface area contributed by atoms with E-state index in [1.165, 1.54) is 17.4 Å². The number of halogens is 1. The fraction of sp³-hybridized carbons (Fsp3) is 0.588. The normalized spacial score (nSPS) is 13.3. The van der Waals surface area contributed by atoms with Crippen molar-refractivity contribution in [3.8, 4) is 0 Å². The zero-order valence-corrected chi connectivity index (χ0v) is 18.9. The van der Waals surface area contributed by atoms with Crippen LogP contribution in [0.25, 0.3) is 0 Å². The predicted octanol–water partition coefficient (Wildman–Crippen LogP) is 1.85. The van der Waals surface area contributed by atoms with E-state index in [-0.39, 0.29) is 35.8 Å². The number of benzene rings is 1. The highest BCUT2D eigenvalue weighted by Gasteiger charge is 2.09. The fourth-order valence-electron chi connectivity index (χ4n) is 2.28. The third-order valence-electron chi connectivity index (χ3n) is 3.48. The standard InChI is InChI=1S/C17H30N4O2S.HI/c1-14(9-10-24(5,22)23)20-17(18-2)19-12-15-7-6-8-16(11-15)13-21(3)4;/h6-8,11,14H,9-10,12-13H2,1-5H3,(H2,18,19,20);1H. The van der Waals surface area contributed by atoms with Gasteiger partial charge in [-0.1, -0.05) is 24.3 Å². The van der Waals surface area contributed by atoms with Crippen molar-refractivity contribution < 1.29 is 8.42 Å². The van der Waals surface area contributed by atoms with Crippen molar-refractivity contribution in [1.29, 1.82) is 0 Å². The Kier molecular flexibility index (Phi) is 11.3.